The summed E-state index contributed by atoms with van der Waals surface area (Å²) in [6.07, 6.45) is 53.7. The fraction of sp³-hybridized carbons (Fsp3) is 1.00. The van der Waals surface area contributed by atoms with Gasteiger partial charge in [0.15, 0.2) is 0 Å². The van der Waals surface area contributed by atoms with E-state index < -0.39 is 7.26 Å². The first-order chi connectivity index (χ1) is 21.1. The Morgan fingerprint density at radius 2 is 0.419 bits per heavy atom. The Labute approximate surface area is 277 Å². The van der Waals surface area contributed by atoms with E-state index in [0.29, 0.717) is 0 Å². The Kier molecular flexibility index (Phi) is 35.6. The van der Waals surface area contributed by atoms with Gasteiger partial charge in [-0.05, 0) is 52.4 Å². The standard InChI is InChI=1S/C42H88P/c1-6-9-12-15-18-21-24-27-30-33-36-39-43(42(4)5,40-37-34-31-28-25-22-19-16-13-10-7-2)41-38-35-32-29-26-23-20-17-14-11-8-3/h42H,6-41H2,1-5H3/q+1. The second kappa shape index (κ2) is 35.3. The lowest BCUT2D eigenvalue weighted by Gasteiger charge is -2.32. The van der Waals surface area contributed by atoms with Crippen molar-refractivity contribution in [2.75, 3.05) is 18.5 Å². The highest BCUT2D eigenvalue weighted by Crippen LogP contribution is 2.64. The van der Waals surface area contributed by atoms with Gasteiger partial charge in [0.1, 0.15) is 0 Å². The molecule has 0 nitrogen and oxygen atoms in total. The molecule has 0 atom stereocenters. The first-order valence-corrected chi connectivity index (χ1v) is 23.4. The lowest BCUT2D eigenvalue weighted by molar-refractivity contribution is 0.551. The molecule has 0 radical (unpaired) electrons. The van der Waals surface area contributed by atoms with Crippen LogP contribution in [0.2, 0.25) is 0 Å². The maximum atomic E-state index is 2.63. The molecular formula is C42H88P+. The topological polar surface area (TPSA) is 0 Å². The van der Waals surface area contributed by atoms with Crippen molar-refractivity contribution in [1.29, 1.82) is 0 Å². The van der Waals surface area contributed by atoms with Gasteiger partial charge in [-0.2, -0.15) is 0 Å². The van der Waals surface area contributed by atoms with Crippen LogP contribution in [0.5, 0.6) is 0 Å². The molecule has 43 heavy (non-hydrogen) atoms. The SMILES string of the molecule is CCCCCCCCCCCCC[P+](CCCCCCCCCCCCC)(CCCCCCCCCCCCC)C(C)C. The number of hydrogen-bond donors (Lipinski definition) is 0. The molecule has 0 saturated carbocycles. The molecule has 0 aliphatic carbocycles. The second-order valence-corrected chi connectivity index (χ2v) is 19.9. The fourth-order valence-electron chi connectivity index (χ4n) is 7.38. The van der Waals surface area contributed by atoms with Gasteiger partial charge < -0.3 is 0 Å². The van der Waals surface area contributed by atoms with Crippen molar-refractivity contribution in [3.05, 3.63) is 0 Å². The molecule has 0 N–H and O–H groups in total. The Morgan fingerprint density at radius 1 is 0.256 bits per heavy atom. The predicted molar refractivity (Wildman–Crippen MR) is 206 cm³/mol. The molecule has 0 aromatic rings. The molecule has 0 heterocycles. The smallest absolute Gasteiger partial charge is 0.0641 e. The molecule has 0 bridgehead atoms. The number of rotatable bonds is 37. The highest BCUT2D eigenvalue weighted by atomic mass is 31.2. The van der Waals surface area contributed by atoms with Crippen molar-refractivity contribution in [2.45, 2.75) is 252 Å². The highest BCUT2D eigenvalue weighted by Gasteiger charge is 2.39. The zero-order chi connectivity index (χ0) is 31.5. The summed E-state index contributed by atoms with van der Waals surface area (Å²) in [7, 11) is -0.799. The van der Waals surface area contributed by atoms with Gasteiger partial charge in [-0.3, -0.25) is 0 Å². The van der Waals surface area contributed by atoms with Crippen LogP contribution in [-0.4, -0.2) is 24.1 Å². The van der Waals surface area contributed by atoms with Crippen LogP contribution >= 0.6 is 7.26 Å². The zero-order valence-corrected chi connectivity index (χ0v) is 32.4. The average Bonchev–Trinajstić information content (AvgIpc) is 3.00. The van der Waals surface area contributed by atoms with E-state index >= 15 is 0 Å². The van der Waals surface area contributed by atoms with Crippen LogP contribution in [0.15, 0.2) is 0 Å². The van der Waals surface area contributed by atoms with Crippen molar-refractivity contribution in [2.24, 2.45) is 0 Å². The quantitative estimate of drug-likeness (QED) is 0.0477. The summed E-state index contributed by atoms with van der Waals surface area (Å²) >= 11 is 0. The van der Waals surface area contributed by atoms with E-state index in [1.807, 2.05) is 0 Å². The van der Waals surface area contributed by atoms with E-state index in [-0.39, 0.29) is 0 Å². The third-order valence-corrected chi connectivity index (χ3v) is 16.5. The van der Waals surface area contributed by atoms with Crippen molar-refractivity contribution in [3.63, 3.8) is 0 Å². The minimum absolute atomic E-state index is 0.799. The molecule has 0 aromatic heterocycles. The van der Waals surface area contributed by atoms with Crippen LogP contribution in [0.1, 0.15) is 247 Å². The van der Waals surface area contributed by atoms with Gasteiger partial charge in [0.25, 0.3) is 0 Å². The average molecular weight is 624 g/mol. The molecule has 0 amide bonds. The van der Waals surface area contributed by atoms with Gasteiger partial charge in [-0.1, -0.05) is 194 Å². The van der Waals surface area contributed by atoms with Gasteiger partial charge in [0.2, 0.25) is 0 Å². The summed E-state index contributed by atoms with van der Waals surface area (Å²) in [5.74, 6) is 0. The van der Waals surface area contributed by atoms with Crippen LogP contribution < -0.4 is 0 Å². The lowest BCUT2D eigenvalue weighted by Crippen LogP contribution is -2.18. The molecule has 0 saturated heterocycles. The molecular weight excluding hydrogens is 535 g/mol. The molecule has 1 heteroatoms. The fourth-order valence-corrected chi connectivity index (χ4v) is 12.2. The molecule has 0 aromatic carbocycles. The molecule has 0 unspecified atom stereocenters. The van der Waals surface area contributed by atoms with Gasteiger partial charge in [-0.25, -0.2) is 0 Å². The molecule has 260 valence electrons. The number of hydrogen-bond acceptors (Lipinski definition) is 0. The lowest BCUT2D eigenvalue weighted by atomic mass is 10.1. The Bertz CT molecular complexity index is 433. The van der Waals surface area contributed by atoms with Crippen molar-refractivity contribution in [1.82, 2.24) is 0 Å². The monoisotopic (exact) mass is 624 g/mol. The summed E-state index contributed by atoms with van der Waals surface area (Å²) in [5.41, 5.74) is 0.960. The van der Waals surface area contributed by atoms with Gasteiger partial charge in [0.05, 0.1) is 24.1 Å². The zero-order valence-electron chi connectivity index (χ0n) is 31.5. The third-order valence-electron chi connectivity index (χ3n) is 10.7. The van der Waals surface area contributed by atoms with E-state index in [2.05, 4.69) is 34.6 Å². The maximum absolute atomic E-state index is 2.63. The second-order valence-electron chi connectivity index (χ2n) is 15.1. The van der Waals surface area contributed by atoms with E-state index in [1.165, 1.54) is 193 Å². The van der Waals surface area contributed by atoms with E-state index in [9.17, 15) is 0 Å². The minimum Gasteiger partial charge on any atom is -0.0654 e. The molecule has 0 fully saturated rings. The largest absolute Gasteiger partial charge is 0.0654 e. The molecule has 0 aliphatic heterocycles. The van der Waals surface area contributed by atoms with Gasteiger partial charge in [-0.15, -0.1) is 0 Å². The first kappa shape index (κ1) is 43.4. The summed E-state index contributed by atoms with van der Waals surface area (Å²) in [6, 6.07) is 0. The van der Waals surface area contributed by atoms with Crippen molar-refractivity contribution in [3.8, 4) is 0 Å². The summed E-state index contributed by atoms with van der Waals surface area (Å²) in [4.78, 5) is 0. The normalized spacial score (nSPS) is 12.1. The molecule has 0 spiro atoms. The third kappa shape index (κ3) is 29.6. The maximum Gasteiger partial charge on any atom is 0.0641 e. The van der Waals surface area contributed by atoms with Crippen LogP contribution in [0.3, 0.4) is 0 Å². The molecule has 0 rings (SSSR count). The highest BCUT2D eigenvalue weighted by molar-refractivity contribution is 7.76. The number of unbranched alkanes of at least 4 members (excludes halogenated alkanes) is 30. The predicted octanol–water partition coefficient (Wildman–Crippen LogP) is 16.3. The Balaban J connectivity index is 4.37. The summed E-state index contributed by atoms with van der Waals surface area (Å²) < 4.78 is 0. The Hall–Kier alpha value is 0.430. The Morgan fingerprint density at radius 3 is 0.581 bits per heavy atom. The first-order valence-electron chi connectivity index (χ1n) is 21.0. The van der Waals surface area contributed by atoms with Crippen molar-refractivity contribution >= 4 is 7.26 Å². The summed E-state index contributed by atoms with van der Waals surface area (Å²) in [5, 5.41) is 0. The molecule has 0 aliphatic rings. The van der Waals surface area contributed by atoms with E-state index in [4.69, 9.17) is 0 Å². The van der Waals surface area contributed by atoms with Gasteiger partial charge >= 0.3 is 0 Å². The van der Waals surface area contributed by atoms with Crippen LogP contribution in [0.25, 0.3) is 0 Å². The van der Waals surface area contributed by atoms with E-state index in [1.54, 1.807) is 37.7 Å². The summed E-state index contributed by atoms with van der Waals surface area (Å²) in [6.45, 7) is 12.2. The van der Waals surface area contributed by atoms with Crippen LogP contribution in [-0.2, 0) is 0 Å². The minimum atomic E-state index is -0.799. The van der Waals surface area contributed by atoms with Gasteiger partial charge in [0, 0.05) is 7.26 Å². The van der Waals surface area contributed by atoms with E-state index in [0.717, 1.165) is 5.66 Å². The van der Waals surface area contributed by atoms with Crippen LogP contribution in [0, 0.1) is 0 Å². The van der Waals surface area contributed by atoms with Crippen LogP contribution in [0.4, 0.5) is 0 Å². The van der Waals surface area contributed by atoms with Crippen molar-refractivity contribution < 1.29 is 0 Å².